The van der Waals surface area contributed by atoms with Gasteiger partial charge in [0.1, 0.15) is 5.78 Å². The van der Waals surface area contributed by atoms with Gasteiger partial charge < -0.3 is 5.11 Å². The van der Waals surface area contributed by atoms with Crippen LogP contribution in [0.2, 0.25) is 0 Å². The molecule has 3 saturated carbocycles. The zero-order valence-corrected chi connectivity index (χ0v) is 22.1. The zero-order valence-electron chi connectivity index (χ0n) is 22.1. The standard InChI is InChI=1S/C30H44N2O2/c1-7-9-10-13-32-24-15-21-11-12-22-23-14-19(3)30(6,26(34)8-2)29(23,5)17-25(33)27(22)28(21,4)16-20(24)18-31-32/h9-10,15,18-19,22-23,25,27,33H,7-8,11-14,16-17H2,1-6H3/b10-9-/t19-,22+,23+,25+,27-,28+,29+,30-/m1/s1. The zero-order chi connectivity index (χ0) is 24.5. The largest absolute Gasteiger partial charge is 0.393 e. The van der Waals surface area contributed by atoms with Crippen molar-refractivity contribution in [2.75, 3.05) is 0 Å². The fourth-order valence-corrected chi connectivity index (χ4v) is 9.25. The molecule has 0 unspecified atom stereocenters. The SMILES string of the molecule is CC/C=C\Cn1ncc2c1C=C1CC[C@@H]3[C@H]([C@@H](O)C[C@@]4(C)[C@H]3C[C@@H](C)[C@]4(C)C(=O)CC)[C@@]1(C)C2. The van der Waals surface area contributed by atoms with Gasteiger partial charge in [0.05, 0.1) is 24.5 Å². The van der Waals surface area contributed by atoms with Gasteiger partial charge in [0, 0.05) is 11.8 Å². The average Bonchev–Trinajstić information content (AvgIpc) is 3.27. The first-order valence-corrected chi connectivity index (χ1v) is 13.7. The molecule has 1 aromatic rings. The Balaban J connectivity index is 1.50. The molecule has 0 aromatic carbocycles. The van der Waals surface area contributed by atoms with E-state index in [4.69, 9.17) is 5.10 Å². The fraction of sp³-hybridized carbons (Fsp3) is 0.733. The lowest BCUT2D eigenvalue weighted by atomic mass is 9.44. The van der Waals surface area contributed by atoms with Gasteiger partial charge >= 0.3 is 0 Å². The fourth-order valence-electron chi connectivity index (χ4n) is 9.25. The number of carbonyl (C=O) groups is 1. The first-order chi connectivity index (χ1) is 16.1. The molecular formula is C30H44N2O2. The Hall–Kier alpha value is -1.68. The molecule has 0 aliphatic heterocycles. The maximum Gasteiger partial charge on any atom is 0.139 e. The van der Waals surface area contributed by atoms with Crippen LogP contribution in [0.5, 0.6) is 0 Å². The van der Waals surface area contributed by atoms with Crippen molar-refractivity contribution in [1.29, 1.82) is 0 Å². The summed E-state index contributed by atoms with van der Waals surface area (Å²) in [5.74, 6) is 2.02. The van der Waals surface area contributed by atoms with Crippen LogP contribution in [0.25, 0.3) is 6.08 Å². The van der Waals surface area contributed by atoms with E-state index >= 15 is 0 Å². The maximum atomic E-state index is 13.3. The van der Waals surface area contributed by atoms with E-state index < -0.39 is 0 Å². The Morgan fingerprint density at radius 3 is 2.74 bits per heavy atom. The summed E-state index contributed by atoms with van der Waals surface area (Å²) in [5, 5.41) is 16.5. The lowest BCUT2D eigenvalue weighted by Crippen LogP contribution is -2.59. The molecule has 1 heterocycles. The van der Waals surface area contributed by atoms with Gasteiger partial charge in [0.2, 0.25) is 0 Å². The van der Waals surface area contributed by atoms with Crippen molar-refractivity contribution in [2.45, 2.75) is 99.1 Å². The van der Waals surface area contributed by atoms with Gasteiger partial charge in [-0.05, 0) is 84.7 Å². The number of carbonyl (C=O) groups excluding carboxylic acids is 1. The number of fused-ring (bicyclic) bond motifs is 6. The second-order valence-corrected chi connectivity index (χ2v) is 12.5. The molecule has 4 aliphatic carbocycles. The predicted octanol–water partition coefficient (Wildman–Crippen LogP) is 6.23. The van der Waals surface area contributed by atoms with Gasteiger partial charge in [-0.2, -0.15) is 5.10 Å². The van der Waals surface area contributed by atoms with Crippen LogP contribution in [0, 0.1) is 39.9 Å². The van der Waals surface area contributed by atoms with Crippen LogP contribution < -0.4 is 0 Å². The van der Waals surface area contributed by atoms with E-state index in [9.17, 15) is 9.90 Å². The second kappa shape index (κ2) is 8.18. The molecule has 5 rings (SSSR count). The molecule has 1 aromatic heterocycles. The summed E-state index contributed by atoms with van der Waals surface area (Å²) in [7, 11) is 0. The third kappa shape index (κ3) is 3.06. The van der Waals surface area contributed by atoms with Gasteiger partial charge in [0.15, 0.2) is 0 Å². The third-order valence-electron chi connectivity index (χ3n) is 11.2. The number of ketones is 1. The molecule has 34 heavy (non-hydrogen) atoms. The maximum absolute atomic E-state index is 13.3. The van der Waals surface area contributed by atoms with Gasteiger partial charge in [-0.15, -0.1) is 0 Å². The Kier molecular flexibility index (Phi) is 5.78. The first-order valence-electron chi connectivity index (χ1n) is 13.7. The number of aliphatic hydroxyl groups excluding tert-OH is 1. The highest BCUT2D eigenvalue weighted by molar-refractivity contribution is 5.86. The number of aliphatic hydroxyl groups is 1. The number of rotatable bonds is 5. The van der Waals surface area contributed by atoms with Gasteiger partial charge in [0.25, 0.3) is 0 Å². The van der Waals surface area contributed by atoms with E-state index in [0.29, 0.717) is 30.0 Å². The van der Waals surface area contributed by atoms with Crippen LogP contribution in [-0.2, 0) is 17.8 Å². The number of Topliss-reactive ketones (excluding diaryl/α,β-unsaturated/α-hetero) is 1. The summed E-state index contributed by atoms with van der Waals surface area (Å²) in [4.78, 5) is 13.3. The van der Waals surface area contributed by atoms with Gasteiger partial charge in [-0.25, -0.2) is 0 Å². The molecule has 8 atom stereocenters. The Bertz CT molecular complexity index is 1040. The highest BCUT2D eigenvalue weighted by atomic mass is 16.3. The molecule has 0 amide bonds. The van der Waals surface area contributed by atoms with Crippen LogP contribution in [-0.4, -0.2) is 26.8 Å². The van der Waals surface area contributed by atoms with E-state index in [0.717, 1.165) is 45.1 Å². The molecule has 186 valence electrons. The number of aromatic nitrogens is 2. The van der Waals surface area contributed by atoms with Crippen molar-refractivity contribution < 1.29 is 9.90 Å². The molecule has 4 heteroatoms. The molecule has 4 nitrogen and oxygen atoms in total. The van der Waals surface area contributed by atoms with Crippen LogP contribution >= 0.6 is 0 Å². The van der Waals surface area contributed by atoms with Crippen LogP contribution in [0.15, 0.2) is 23.9 Å². The monoisotopic (exact) mass is 464 g/mol. The Labute approximate surface area is 205 Å². The van der Waals surface area contributed by atoms with Crippen LogP contribution in [0.1, 0.15) is 91.3 Å². The first kappa shape index (κ1) is 24.0. The van der Waals surface area contributed by atoms with Crippen molar-refractivity contribution in [3.05, 3.63) is 35.2 Å². The molecule has 0 saturated heterocycles. The lowest BCUT2D eigenvalue weighted by molar-refractivity contribution is -0.158. The minimum Gasteiger partial charge on any atom is -0.393 e. The average molecular weight is 465 g/mol. The highest BCUT2D eigenvalue weighted by Gasteiger charge is 2.68. The number of allylic oxidation sites excluding steroid dienone is 3. The summed E-state index contributed by atoms with van der Waals surface area (Å²) in [6.07, 6.45) is 15.2. The molecule has 4 aliphatic rings. The lowest BCUT2D eigenvalue weighted by Gasteiger charge is -2.61. The Morgan fingerprint density at radius 2 is 2.03 bits per heavy atom. The van der Waals surface area contributed by atoms with E-state index in [1.54, 1.807) is 0 Å². The summed E-state index contributed by atoms with van der Waals surface area (Å²) in [6.45, 7) is 14.3. The summed E-state index contributed by atoms with van der Waals surface area (Å²) in [6, 6.07) is 0. The number of hydrogen-bond acceptors (Lipinski definition) is 3. The molecule has 0 bridgehead atoms. The molecule has 0 spiro atoms. The predicted molar refractivity (Wildman–Crippen MR) is 137 cm³/mol. The van der Waals surface area contributed by atoms with E-state index in [2.05, 4.69) is 63.7 Å². The van der Waals surface area contributed by atoms with E-state index in [-0.39, 0.29) is 28.3 Å². The summed E-state index contributed by atoms with van der Waals surface area (Å²) < 4.78 is 2.13. The van der Waals surface area contributed by atoms with Crippen molar-refractivity contribution in [1.82, 2.24) is 9.78 Å². The van der Waals surface area contributed by atoms with Gasteiger partial charge in [-0.1, -0.05) is 59.3 Å². The van der Waals surface area contributed by atoms with Gasteiger partial charge in [-0.3, -0.25) is 9.48 Å². The topological polar surface area (TPSA) is 55.1 Å². The molecule has 1 N–H and O–H groups in total. The quantitative estimate of drug-likeness (QED) is 0.525. The van der Waals surface area contributed by atoms with Crippen LogP contribution in [0.4, 0.5) is 0 Å². The van der Waals surface area contributed by atoms with E-state index in [1.807, 2.05) is 6.92 Å². The number of nitrogens with zero attached hydrogens (tertiary/aromatic N) is 2. The van der Waals surface area contributed by atoms with Crippen molar-refractivity contribution in [3.63, 3.8) is 0 Å². The van der Waals surface area contributed by atoms with Crippen molar-refractivity contribution >= 4 is 11.9 Å². The smallest absolute Gasteiger partial charge is 0.139 e. The van der Waals surface area contributed by atoms with Crippen LogP contribution in [0.3, 0.4) is 0 Å². The molecule has 0 radical (unpaired) electrons. The summed E-state index contributed by atoms with van der Waals surface area (Å²) >= 11 is 0. The molecule has 3 fully saturated rings. The minimum atomic E-state index is -0.363. The van der Waals surface area contributed by atoms with Crippen molar-refractivity contribution in [3.8, 4) is 0 Å². The number of hydrogen-bond donors (Lipinski definition) is 1. The third-order valence-corrected chi connectivity index (χ3v) is 11.2. The molecular weight excluding hydrogens is 420 g/mol. The highest BCUT2D eigenvalue weighted by Crippen LogP contribution is 2.71. The normalized spacial score (nSPS) is 43.1. The minimum absolute atomic E-state index is 0.0270. The van der Waals surface area contributed by atoms with Crippen molar-refractivity contribution in [2.24, 2.45) is 39.9 Å². The Morgan fingerprint density at radius 1 is 1.26 bits per heavy atom. The second-order valence-electron chi connectivity index (χ2n) is 12.5. The summed E-state index contributed by atoms with van der Waals surface area (Å²) in [5.41, 5.74) is 3.61. The van der Waals surface area contributed by atoms with E-state index in [1.165, 1.54) is 16.8 Å².